The van der Waals surface area contributed by atoms with Crippen LogP contribution in [-0.4, -0.2) is 37.3 Å². The van der Waals surface area contributed by atoms with Crippen molar-refractivity contribution in [2.24, 2.45) is 7.05 Å². The first-order valence-corrected chi connectivity index (χ1v) is 6.77. The Bertz CT molecular complexity index is 459. The smallest absolute Gasteiger partial charge is 0.259 e. The molecule has 2 heterocycles. The van der Waals surface area contributed by atoms with Gasteiger partial charge in [0.25, 0.3) is 10.0 Å². The van der Waals surface area contributed by atoms with Gasteiger partial charge in [0.1, 0.15) is 0 Å². The highest BCUT2D eigenvalue weighted by Crippen LogP contribution is 2.20. The molecule has 6 nitrogen and oxygen atoms in total. The van der Waals surface area contributed by atoms with Gasteiger partial charge in [-0.25, -0.2) is 13.1 Å². The summed E-state index contributed by atoms with van der Waals surface area (Å²) in [7, 11) is -2.03. The van der Waals surface area contributed by atoms with Crippen molar-refractivity contribution in [2.75, 3.05) is 13.1 Å². The lowest BCUT2D eigenvalue weighted by atomic mass is 10.3. The molecule has 0 aromatic carbocycles. The van der Waals surface area contributed by atoms with Crippen LogP contribution in [0.2, 0.25) is 5.02 Å². The molecule has 90 valence electrons. The van der Waals surface area contributed by atoms with E-state index in [2.05, 4.69) is 15.1 Å². The fourth-order valence-electron chi connectivity index (χ4n) is 1.73. The predicted molar refractivity (Wildman–Crippen MR) is 59.8 cm³/mol. The highest BCUT2D eigenvalue weighted by Gasteiger charge is 2.27. The van der Waals surface area contributed by atoms with Crippen molar-refractivity contribution in [2.45, 2.75) is 17.5 Å². The number of nitrogens with zero attached hydrogens (tertiary/aromatic N) is 2. The lowest BCUT2D eigenvalue weighted by Gasteiger charge is -2.12. The van der Waals surface area contributed by atoms with E-state index in [4.69, 9.17) is 11.6 Å². The molecule has 0 saturated carbocycles. The number of sulfonamides is 1. The van der Waals surface area contributed by atoms with Crippen molar-refractivity contribution in [1.82, 2.24) is 19.8 Å². The molecule has 8 heteroatoms. The Hall–Kier alpha value is -0.630. The fourth-order valence-corrected chi connectivity index (χ4v) is 3.66. The van der Waals surface area contributed by atoms with Crippen LogP contribution < -0.4 is 10.0 Å². The molecule has 0 bridgehead atoms. The van der Waals surface area contributed by atoms with E-state index in [1.54, 1.807) is 7.05 Å². The zero-order chi connectivity index (χ0) is 11.8. The molecular weight excluding hydrogens is 252 g/mol. The number of rotatable bonds is 3. The van der Waals surface area contributed by atoms with Gasteiger partial charge in [-0.05, 0) is 13.0 Å². The summed E-state index contributed by atoms with van der Waals surface area (Å²) in [6.45, 7) is 1.47. The van der Waals surface area contributed by atoms with Crippen molar-refractivity contribution in [1.29, 1.82) is 0 Å². The standard InChI is InChI=1S/C8H13ClN4O2S/c1-13-8(7(9)5-11-13)16(14,15)12-6-2-3-10-4-6/h5-6,10,12H,2-4H2,1H3/t6-/m1/s1. The SMILES string of the molecule is Cn1ncc(Cl)c1S(=O)(=O)N[C@@H]1CCNC1. The zero-order valence-electron chi connectivity index (χ0n) is 8.77. The molecule has 0 unspecified atom stereocenters. The first-order valence-electron chi connectivity index (χ1n) is 4.91. The molecule has 2 rings (SSSR count). The second-order valence-corrected chi connectivity index (χ2v) is 5.77. The van der Waals surface area contributed by atoms with Gasteiger partial charge in [-0.3, -0.25) is 4.68 Å². The Balaban J connectivity index is 2.25. The molecule has 1 aromatic rings. The molecule has 1 atom stereocenters. The van der Waals surface area contributed by atoms with Gasteiger partial charge in [0.2, 0.25) is 0 Å². The van der Waals surface area contributed by atoms with Crippen LogP contribution in [0.5, 0.6) is 0 Å². The topological polar surface area (TPSA) is 76.0 Å². The van der Waals surface area contributed by atoms with Crippen molar-refractivity contribution < 1.29 is 8.42 Å². The molecule has 0 radical (unpaired) electrons. The summed E-state index contributed by atoms with van der Waals surface area (Å²) < 4.78 is 27.9. The van der Waals surface area contributed by atoms with E-state index in [0.717, 1.165) is 13.0 Å². The average molecular weight is 265 g/mol. The number of halogens is 1. The average Bonchev–Trinajstić information content (AvgIpc) is 2.76. The molecule has 1 aliphatic rings. The zero-order valence-corrected chi connectivity index (χ0v) is 10.3. The Morgan fingerprint density at radius 2 is 2.44 bits per heavy atom. The van der Waals surface area contributed by atoms with E-state index < -0.39 is 10.0 Å². The third-order valence-electron chi connectivity index (χ3n) is 2.48. The number of aromatic nitrogens is 2. The molecule has 1 aromatic heterocycles. The summed E-state index contributed by atoms with van der Waals surface area (Å²) in [6.07, 6.45) is 2.11. The van der Waals surface area contributed by atoms with Gasteiger partial charge in [-0.1, -0.05) is 11.6 Å². The summed E-state index contributed by atoms with van der Waals surface area (Å²) in [5.74, 6) is 0. The van der Waals surface area contributed by atoms with Crippen molar-refractivity contribution in [3.05, 3.63) is 11.2 Å². The molecular formula is C8H13ClN4O2S. The maximum atomic E-state index is 12.0. The van der Waals surface area contributed by atoms with E-state index in [9.17, 15) is 8.42 Å². The lowest BCUT2D eigenvalue weighted by molar-refractivity contribution is 0.544. The van der Waals surface area contributed by atoms with Crippen LogP contribution in [0.3, 0.4) is 0 Å². The van der Waals surface area contributed by atoms with Gasteiger partial charge in [0.15, 0.2) is 5.03 Å². The Labute approximate surface area is 99.0 Å². The van der Waals surface area contributed by atoms with Gasteiger partial charge < -0.3 is 5.32 Å². The Morgan fingerprint density at radius 3 is 2.94 bits per heavy atom. The summed E-state index contributed by atoms with van der Waals surface area (Å²) in [5, 5.41) is 7.05. The highest BCUT2D eigenvalue weighted by molar-refractivity contribution is 7.89. The van der Waals surface area contributed by atoms with Crippen LogP contribution in [0.15, 0.2) is 11.2 Å². The van der Waals surface area contributed by atoms with Gasteiger partial charge >= 0.3 is 0 Å². The van der Waals surface area contributed by atoms with Gasteiger partial charge in [-0.15, -0.1) is 0 Å². The molecule has 2 N–H and O–H groups in total. The van der Waals surface area contributed by atoms with Crippen molar-refractivity contribution in [3.8, 4) is 0 Å². The Kier molecular flexibility index (Phi) is 3.20. The summed E-state index contributed by atoms with van der Waals surface area (Å²) in [4.78, 5) is 0. The normalized spacial score (nSPS) is 21.5. The monoisotopic (exact) mass is 264 g/mol. The molecule has 16 heavy (non-hydrogen) atoms. The van der Waals surface area contributed by atoms with Crippen LogP contribution in [-0.2, 0) is 17.1 Å². The van der Waals surface area contributed by atoms with Crippen LogP contribution in [0.25, 0.3) is 0 Å². The minimum absolute atomic E-state index is 0.0149. The molecule has 0 aliphatic carbocycles. The minimum Gasteiger partial charge on any atom is -0.315 e. The first-order chi connectivity index (χ1) is 7.50. The van der Waals surface area contributed by atoms with Gasteiger partial charge in [-0.2, -0.15) is 5.10 Å². The maximum absolute atomic E-state index is 12.0. The molecule has 0 amide bonds. The maximum Gasteiger partial charge on any atom is 0.259 e. The molecule has 1 fully saturated rings. The van der Waals surface area contributed by atoms with Crippen molar-refractivity contribution >= 4 is 21.6 Å². The lowest BCUT2D eigenvalue weighted by Crippen LogP contribution is -2.37. The van der Waals surface area contributed by atoms with E-state index >= 15 is 0 Å². The van der Waals surface area contributed by atoms with E-state index in [1.807, 2.05) is 0 Å². The second kappa shape index (κ2) is 4.33. The van der Waals surface area contributed by atoms with E-state index in [-0.39, 0.29) is 16.1 Å². The largest absolute Gasteiger partial charge is 0.315 e. The van der Waals surface area contributed by atoms with Gasteiger partial charge in [0, 0.05) is 19.6 Å². The van der Waals surface area contributed by atoms with Crippen LogP contribution in [0.4, 0.5) is 0 Å². The van der Waals surface area contributed by atoms with Crippen LogP contribution >= 0.6 is 11.6 Å². The quantitative estimate of drug-likeness (QED) is 0.787. The number of nitrogens with one attached hydrogen (secondary N) is 2. The fraction of sp³-hybridized carbons (Fsp3) is 0.625. The number of hydrogen-bond acceptors (Lipinski definition) is 4. The number of hydrogen-bond donors (Lipinski definition) is 2. The molecule has 0 spiro atoms. The third-order valence-corrected chi connectivity index (χ3v) is 4.50. The highest BCUT2D eigenvalue weighted by atomic mass is 35.5. The number of aryl methyl sites for hydroxylation is 1. The predicted octanol–water partition coefficient (Wildman–Crippen LogP) is -0.286. The van der Waals surface area contributed by atoms with Crippen LogP contribution in [0, 0.1) is 0 Å². The molecule has 1 aliphatic heterocycles. The summed E-state index contributed by atoms with van der Waals surface area (Å²) >= 11 is 5.80. The second-order valence-electron chi connectivity index (χ2n) is 3.73. The summed E-state index contributed by atoms with van der Waals surface area (Å²) in [5.41, 5.74) is 0. The Morgan fingerprint density at radius 1 is 1.69 bits per heavy atom. The summed E-state index contributed by atoms with van der Waals surface area (Å²) in [6, 6.07) is -0.0732. The van der Waals surface area contributed by atoms with E-state index in [1.165, 1.54) is 10.9 Å². The van der Waals surface area contributed by atoms with E-state index in [0.29, 0.717) is 6.54 Å². The first kappa shape index (κ1) is 11.8. The molecule has 1 saturated heterocycles. The van der Waals surface area contributed by atoms with Gasteiger partial charge in [0.05, 0.1) is 11.2 Å². The van der Waals surface area contributed by atoms with Crippen LogP contribution in [0.1, 0.15) is 6.42 Å². The van der Waals surface area contributed by atoms with Crippen molar-refractivity contribution in [3.63, 3.8) is 0 Å². The third kappa shape index (κ3) is 2.22. The minimum atomic E-state index is -3.58.